The van der Waals surface area contributed by atoms with Gasteiger partial charge in [0.2, 0.25) is 0 Å². The standard InChI is InChI=1S/C10H18/c1-6-9(2)7-8-10(3,4)5/h6-7H,1,8H2,2-5H3. The number of hydrogen-bond donors (Lipinski definition) is 0. The van der Waals surface area contributed by atoms with Crippen molar-refractivity contribution < 1.29 is 0 Å². The first-order valence-corrected chi connectivity index (χ1v) is 3.75. The first-order chi connectivity index (χ1) is 4.45. The van der Waals surface area contributed by atoms with Gasteiger partial charge in [-0.15, -0.1) is 0 Å². The second-order valence-electron chi connectivity index (χ2n) is 3.92. The largest absolute Gasteiger partial charge is 0.0988 e. The van der Waals surface area contributed by atoms with E-state index in [1.54, 1.807) is 0 Å². The molecule has 0 aliphatic rings. The summed E-state index contributed by atoms with van der Waals surface area (Å²) in [6, 6.07) is 0. The predicted molar refractivity (Wildman–Crippen MR) is 48.0 cm³/mol. The highest BCUT2D eigenvalue weighted by molar-refractivity contribution is 5.12. The lowest BCUT2D eigenvalue weighted by atomic mass is 9.91. The highest BCUT2D eigenvalue weighted by Gasteiger charge is 2.06. The average Bonchev–Trinajstić information content (AvgIpc) is 1.81. The van der Waals surface area contributed by atoms with Crippen LogP contribution >= 0.6 is 0 Å². The van der Waals surface area contributed by atoms with Gasteiger partial charge in [-0.3, -0.25) is 0 Å². The molecule has 58 valence electrons. The van der Waals surface area contributed by atoms with Gasteiger partial charge in [0, 0.05) is 0 Å². The van der Waals surface area contributed by atoms with E-state index in [0.717, 1.165) is 6.42 Å². The van der Waals surface area contributed by atoms with E-state index in [2.05, 4.69) is 40.3 Å². The third-order valence-electron chi connectivity index (χ3n) is 1.36. The number of allylic oxidation sites excluding steroid dienone is 3. The van der Waals surface area contributed by atoms with E-state index in [0.29, 0.717) is 5.41 Å². The summed E-state index contributed by atoms with van der Waals surface area (Å²) in [5.74, 6) is 0. The minimum Gasteiger partial charge on any atom is -0.0988 e. The second kappa shape index (κ2) is 3.60. The van der Waals surface area contributed by atoms with Crippen LogP contribution in [0.4, 0.5) is 0 Å². The molecule has 0 aromatic rings. The summed E-state index contributed by atoms with van der Waals surface area (Å²) in [4.78, 5) is 0. The molecule has 0 unspecified atom stereocenters. The van der Waals surface area contributed by atoms with Gasteiger partial charge >= 0.3 is 0 Å². The third kappa shape index (κ3) is 5.61. The molecule has 0 fully saturated rings. The van der Waals surface area contributed by atoms with Gasteiger partial charge in [0.25, 0.3) is 0 Å². The van der Waals surface area contributed by atoms with E-state index in [4.69, 9.17) is 0 Å². The molecule has 0 radical (unpaired) electrons. The molecule has 0 aromatic carbocycles. The van der Waals surface area contributed by atoms with Gasteiger partial charge in [0.05, 0.1) is 0 Å². The van der Waals surface area contributed by atoms with Gasteiger partial charge in [0.1, 0.15) is 0 Å². The van der Waals surface area contributed by atoms with Crippen LogP contribution < -0.4 is 0 Å². The molecule has 0 aromatic heterocycles. The molecule has 0 rings (SSSR count). The number of rotatable bonds is 2. The zero-order valence-electron chi connectivity index (χ0n) is 7.57. The van der Waals surface area contributed by atoms with E-state index in [1.807, 2.05) is 6.08 Å². The van der Waals surface area contributed by atoms with Gasteiger partial charge in [0.15, 0.2) is 0 Å². The molecule has 0 saturated carbocycles. The van der Waals surface area contributed by atoms with Crippen LogP contribution in [0.2, 0.25) is 0 Å². The summed E-state index contributed by atoms with van der Waals surface area (Å²) in [6.07, 6.45) is 5.25. The summed E-state index contributed by atoms with van der Waals surface area (Å²) in [5, 5.41) is 0. The van der Waals surface area contributed by atoms with E-state index < -0.39 is 0 Å². The Morgan fingerprint density at radius 3 is 2.20 bits per heavy atom. The highest BCUT2D eigenvalue weighted by Crippen LogP contribution is 2.19. The minimum atomic E-state index is 0.407. The molecule has 0 heteroatoms. The fourth-order valence-electron chi connectivity index (χ4n) is 0.551. The fourth-order valence-corrected chi connectivity index (χ4v) is 0.551. The average molecular weight is 138 g/mol. The minimum absolute atomic E-state index is 0.407. The summed E-state index contributed by atoms with van der Waals surface area (Å²) >= 11 is 0. The van der Waals surface area contributed by atoms with E-state index in [-0.39, 0.29) is 0 Å². The number of hydrogen-bond acceptors (Lipinski definition) is 0. The van der Waals surface area contributed by atoms with Crippen LogP contribution in [0.5, 0.6) is 0 Å². The van der Waals surface area contributed by atoms with Crippen molar-refractivity contribution in [2.75, 3.05) is 0 Å². The molecule has 0 nitrogen and oxygen atoms in total. The Labute approximate surface area is 64.6 Å². The summed E-state index contributed by atoms with van der Waals surface area (Å²) in [6.45, 7) is 12.5. The highest BCUT2D eigenvalue weighted by atomic mass is 14.1. The lowest BCUT2D eigenvalue weighted by Gasteiger charge is -2.14. The zero-order chi connectivity index (χ0) is 8.20. The van der Waals surface area contributed by atoms with Crippen LogP contribution in [0.3, 0.4) is 0 Å². The zero-order valence-corrected chi connectivity index (χ0v) is 7.57. The van der Waals surface area contributed by atoms with Crippen LogP contribution in [-0.4, -0.2) is 0 Å². The molecule has 0 saturated heterocycles. The molecule has 0 heterocycles. The molecule has 0 N–H and O–H groups in total. The van der Waals surface area contributed by atoms with E-state index in [1.165, 1.54) is 5.57 Å². The van der Waals surface area contributed by atoms with Crippen LogP contribution in [0, 0.1) is 5.41 Å². The Balaban J connectivity index is 3.84. The maximum atomic E-state index is 3.69. The van der Waals surface area contributed by atoms with Crippen molar-refractivity contribution in [2.45, 2.75) is 34.1 Å². The first kappa shape index (κ1) is 9.48. The molecule has 0 amide bonds. The van der Waals surface area contributed by atoms with Crippen molar-refractivity contribution in [1.29, 1.82) is 0 Å². The van der Waals surface area contributed by atoms with Crippen molar-refractivity contribution in [3.63, 3.8) is 0 Å². The van der Waals surface area contributed by atoms with Gasteiger partial charge in [-0.1, -0.05) is 45.1 Å². The molecule has 0 bridgehead atoms. The normalized spacial score (nSPS) is 13.4. The monoisotopic (exact) mass is 138 g/mol. The lowest BCUT2D eigenvalue weighted by molar-refractivity contribution is 0.420. The van der Waals surface area contributed by atoms with Gasteiger partial charge in [-0.05, 0) is 18.8 Å². The van der Waals surface area contributed by atoms with Crippen molar-refractivity contribution in [3.05, 3.63) is 24.3 Å². The van der Waals surface area contributed by atoms with E-state index >= 15 is 0 Å². The quantitative estimate of drug-likeness (QED) is 0.512. The van der Waals surface area contributed by atoms with Crippen molar-refractivity contribution in [3.8, 4) is 0 Å². The van der Waals surface area contributed by atoms with Crippen molar-refractivity contribution in [1.82, 2.24) is 0 Å². The predicted octanol–water partition coefficient (Wildman–Crippen LogP) is 3.55. The lowest BCUT2D eigenvalue weighted by Crippen LogP contribution is -2.02. The van der Waals surface area contributed by atoms with Crippen LogP contribution in [0.1, 0.15) is 34.1 Å². The van der Waals surface area contributed by atoms with Crippen molar-refractivity contribution in [2.24, 2.45) is 5.41 Å². The topological polar surface area (TPSA) is 0 Å². The molecular weight excluding hydrogens is 120 g/mol. The molecule has 0 spiro atoms. The van der Waals surface area contributed by atoms with E-state index in [9.17, 15) is 0 Å². The summed E-state index contributed by atoms with van der Waals surface area (Å²) in [7, 11) is 0. The Kier molecular flexibility index (Phi) is 3.41. The van der Waals surface area contributed by atoms with Gasteiger partial charge < -0.3 is 0 Å². The van der Waals surface area contributed by atoms with Crippen LogP contribution in [0.15, 0.2) is 24.3 Å². The maximum absolute atomic E-state index is 3.69. The fraction of sp³-hybridized carbons (Fsp3) is 0.600. The van der Waals surface area contributed by atoms with Crippen LogP contribution in [0.25, 0.3) is 0 Å². The van der Waals surface area contributed by atoms with Crippen molar-refractivity contribution >= 4 is 0 Å². The summed E-state index contributed by atoms with van der Waals surface area (Å²) in [5.41, 5.74) is 1.68. The Morgan fingerprint density at radius 2 is 1.90 bits per heavy atom. The molecular formula is C10H18. The second-order valence-corrected chi connectivity index (χ2v) is 3.92. The molecule has 0 aliphatic heterocycles. The van der Waals surface area contributed by atoms with Gasteiger partial charge in [-0.2, -0.15) is 0 Å². The third-order valence-corrected chi connectivity index (χ3v) is 1.36. The van der Waals surface area contributed by atoms with Crippen LogP contribution in [-0.2, 0) is 0 Å². The smallest absolute Gasteiger partial charge is 0.0296 e. The molecule has 10 heavy (non-hydrogen) atoms. The molecule has 0 atom stereocenters. The summed E-state index contributed by atoms with van der Waals surface area (Å²) < 4.78 is 0. The Morgan fingerprint density at radius 1 is 1.40 bits per heavy atom. The first-order valence-electron chi connectivity index (χ1n) is 3.75. The molecule has 0 aliphatic carbocycles. The Bertz CT molecular complexity index is 133. The maximum Gasteiger partial charge on any atom is -0.0296 e. The Hall–Kier alpha value is -0.520. The van der Waals surface area contributed by atoms with Gasteiger partial charge in [-0.25, -0.2) is 0 Å². The SMILES string of the molecule is C=CC(C)=CCC(C)(C)C.